The predicted octanol–water partition coefficient (Wildman–Crippen LogP) is 3.89. The minimum Gasteiger partial charge on any atom is -0.345 e. The van der Waals surface area contributed by atoms with Crippen LogP contribution in [0.5, 0.6) is 0 Å². The summed E-state index contributed by atoms with van der Waals surface area (Å²) in [6, 6.07) is 6.10. The highest BCUT2D eigenvalue weighted by atomic mass is 35.5. The number of aryl methyl sites for hydroxylation is 1. The molecule has 0 saturated heterocycles. The SMILES string of the molecule is Cc1ccc(F)c(C(=O)c2c[nH]c3ncc(Cl)cc23)c1. The Morgan fingerprint density at radius 2 is 2.10 bits per heavy atom. The molecule has 100 valence electrons. The van der Waals surface area contributed by atoms with Gasteiger partial charge in [0.05, 0.1) is 10.6 Å². The molecular weight excluding hydrogens is 279 g/mol. The molecular formula is C15H10ClFN2O. The normalized spacial score (nSPS) is 10.9. The van der Waals surface area contributed by atoms with Gasteiger partial charge in [0, 0.05) is 23.3 Å². The topological polar surface area (TPSA) is 45.8 Å². The van der Waals surface area contributed by atoms with Crippen LogP contribution in [0.4, 0.5) is 4.39 Å². The standard InChI is InChI=1S/C15H10ClFN2O/c1-8-2-3-13(17)11(4-8)14(20)12-7-19-15-10(12)5-9(16)6-18-15/h2-7H,1H3,(H,18,19). The van der Waals surface area contributed by atoms with E-state index >= 15 is 0 Å². The lowest BCUT2D eigenvalue weighted by molar-refractivity contribution is 0.103. The van der Waals surface area contributed by atoms with E-state index in [0.29, 0.717) is 21.6 Å². The van der Waals surface area contributed by atoms with Crippen molar-refractivity contribution in [2.75, 3.05) is 0 Å². The molecule has 1 N–H and O–H groups in total. The molecule has 3 nitrogen and oxygen atoms in total. The number of rotatable bonds is 2. The third-order valence-electron chi connectivity index (χ3n) is 3.11. The largest absolute Gasteiger partial charge is 0.345 e. The van der Waals surface area contributed by atoms with Crippen LogP contribution in [-0.4, -0.2) is 15.8 Å². The number of carbonyl (C=O) groups is 1. The molecule has 20 heavy (non-hydrogen) atoms. The summed E-state index contributed by atoms with van der Waals surface area (Å²) in [6.07, 6.45) is 3.01. The second-order valence-corrected chi connectivity index (χ2v) is 5.00. The highest BCUT2D eigenvalue weighted by Crippen LogP contribution is 2.24. The van der Waals surface area contributed by atoms with E-state index in [1.165, 1.54) is 24.5 Å². The van der Waals surface area contributed by atoms with E-state index in [9.17, 15) is 9.18 Å². The minimum absolute atomic E-state index is 0.0471. The number of H-pyrrole nitrogens is 1. The Morgan fingerprint density at radius 3 is 2.90 bits per heavy atom. The Bertz CT molecular complexity index is 826. The predicted molar refractivity (Wildman–Crippen MR) is 75.7 cm³/mol. The number of benzene rings is 1. The Labute approximate surface area is 119 Å². The minimum atomic E-state index is -0.537. The van der Waals surface area contributed by atoms with Gasteiger partial charge in [0.1, 0.15) is 11.5 Å². The van der Waals surface area contributed by atoms with Gasteiger partial charge in [-0.25, -0.2) is 9.37 Å². The molecule has 0 saturated carbocycles. The van der Waals surface area contributed by atoms with Crippen LogP contribution in [0.3, 0.4) is 0 Å². The lowest BCUT2D eigenvalue weighted by Gasteiger charge is -2.03. The molecule has 1 aromatic carbocycles. The summed E-state index contributed by atoms with van der Waals surface area (Å²) in [6.45, 7) is 1.81. The van der Waals surface area contributed by atoms with E-state index in [1.807, 2.05) is 6.92 Å². The van der Waals surface area contributed by atoms with Gasteiger partial charge in [0.25, 0.3) is 0 Å². The third-order valence-corrected chi connectivity index (χ3v) is 3.32. The summed E-state index contributed by atoms with van der Waals surface area (Å²) < 4.78 is 13.8. The number of halogens is 2. The van der Waals surface area contributed by atoms with Gasteiger partial charge in [0.15, 0.2) is 5.78 Å². The van der Waals surface area contributed by atoms with Crippen LogP contribution in [-0.2, 0) is 0 Å². The van der Waals surface area contributed by atoms with Gasteiger partial charge >= 0.3 is 0 Å². The average molecular weight is 289 g/mol. The first-order valence-electron chi connectivity index (χ1n) is 6.00. The smallest absolute Gasteiger partial charge is 0.198 e. The number of carbonyl (C=O) groups excluding carboxylic acids is 1. The van der Waals surface area contributed by atoms with Crippen LogP contribution >= 0.6 is 11.6 Å². The molecule has 0 bridgehead atoms. The number of pyridine rings is 1. The maximum Gasteiger partial charge on any atom is 0.198 e. The molecule has 0 aliphatic rings. The van der Waals surface area contributed by atoms with Gasteiger partial charge < -0.3 is 4.98 Å². The number of fused-ring (bicyclic) bond motifs is 1. The van der Waals surface area contributed by atoms with Crippen molar-refractivity contribution in [2.24, 2.45) is 0 Å². The van der Waals surface area contributed by atoms with Crippen LogP contribution in [0.2, 0.25) is 5.02 Å². The summed E-state index contributed by atoms with van der Waals surface area (Å²) >= 11 is 5.89. The van der Waals surface area contributed by atoms with Crippen molar-refractivity contribution < 1.29 is 9.18 Å². The zero-order valence-electron chi connectivity index (χ0n) is 10.6. The quantitative estimate of drug-likeness (QED) is 0.727. The van der Waals surface area contributed by atoms with Crippen LogP contribution in [0.1, 0.15) is 21.5 Å². The van der Waals surface area contributed by atoms with E-state index in [0.717, 1.165) is 5.56 Å². The molecule has 0 fully saturated rings. The highest BCUT2D eigenvalue weighted by Gasteiger charge is 2.18. The highest BCUT2D eigenvalue weighted by molar-refractivity contribution is 6.31. The van der Waals surface area contributed by atoms with E-state index in [4.69, 9.17) is 11.6 Å². The zero-order chi connectivity index (χ0) is 14.3. The number of aromatic nitrogens is 2. The van der Waals surface area contributed by atoms with Crippen molar-refractivity contribution in [2.45, 2.75) is 6.92 Å². The number of ketones is 1. The Hall–Kier alpha value is -2.20. The second-order valence-electron chi connectivity index (χ2n) is 4.56. The number of nitrogens with one attached hydrogen (secondary N) is 1. The third kappa shape index (κ3) is 2.08. The lowest BCUT2D eigenvalue weighted by atomic mass is 10.0. The van der Waals surface area contributed by atoms with Gasteiger partial charge in [0.2, 0.25) is 0 Å². The van der Waals surface area contributed by atoms with Crippen LogP contribution in [0, 0.1) is 12.7 Å². The van der Waals surface area contributed by atoms with Gasteiger partial charge in [-0.05, 0) is 25.1 Å². The van der Waals surface area contributed by atoms with Gasteiger partial charge in [-0.15, -0.1) is 0 Å². The molecule has 2 heterocycles. The van der Waals surface area contributed by atoms with E-state index in [1.54, 1.807) is 12.1 Å². The van der Waals surface area contributed by atoms with Crippen LogP contribution < -0.4 is 0 Å². The molecule has 0 atom stereocenters. The summed E-state index contributed by atoms with van der Waals surface area (Å²) in [7, 11) is 0. The summed E-state index contributed by atoms with van der Waals surface area (Å²) in [4.78, 5) is 19.4. The molecule has 5 heteroatoms. The summed E-state index contributed by atoms with van der Waals surface area (Å²) in [5.41, 5.74) is 1.78. The van der Waals surface area contributed by atoms with Crippen molar-refractivity contribution in [3.8, 4) is 0 Å². The van der Waals surface area contributed by atoms with Crippen LogP contribution in [0.15, 0.2) is 36.7 Å². The monoisotopic (exact) mass is 288 g/mol. The molecule has 0 spiro atoms. The van der Waals surface area contributed by atoms with Crippen molar-refractivity contribution in [3.05, 3.63) is 64.2 Å². The first-order chi connectivity index (χ1) is 9.56. The fourth-order valence-electron chi connectivity index (χ4n) is 2.12. The molecule has 0 amide bonds. The summed E-state index contributed by atoms with van der Waals surface area (Å²) in [5, 5.41) is 1.01. The molecule has 3 rings (SSSR count). The first-order valence-corrected chi connectivity index (χ1v) is 6.37. The van der Waals surface area contributed by atoms with Gasteiger partial charge in [-0.2, -0.15) is 0 Å². The average Bonchev–Trinajstić information content (AvgIpc) is 2.83. The zero-order valence-corrected chi connectivity index (χ0v) is 11.3. The summed E-state index contributed by atoms with van der Waals surface area (Å²) in [5.74, 6) is -0.925. The Morgan fingerprint density at radius 1 is 1.30 bits per heavy atom. The molecule has 0 unspecified atom stereocenters. The van der Waals surface area contributed by atoms with E-state index in [2.05, 4.69) is 9.97 Å². The maximum absolute atomic E-state index is 13.8. The molecule has 2 aromatic heterocycles. The maximum atomic E-state index is 13.8. The molecule has 3 aromatic rings. The van der Waals surface area contributed by atoms with Gasteiger partial charge in [-0.1, -0.05) is 23.2 Å². The fourth-order valence-corrected chi connectivity index (χ4v) is 2.28. The lowest BCUT2D eigenvalue weighted by Crippen LogP contribution is -2.04. The number of aromatic amines is 1. The van der Waals surface area contributed by atoms with Crippen LogP contribution in [0.25, 0.3) is 11.0 Å². The first kappa shape index (κ1) is 12.8. The van der Waals surface area contributed by atoms with Crippen molar-refractivity contribution >= 4 is 28.4 Å². The second kappa shape index (κ2) is 4.72. The van der Waals surface area contributed by atoms with Crippen molar-refractivity contribution in [1.29, 1.82) is 0 Å². The Balaban J connectivity index is 2.17. The van der Waals surface area contributed by atoms with E-state index in [-0.39, 0.29) is 11.3 Å². The molecule has 0 aliphatic carbocycles. The fraction of sp³-hybridized carbons (Fsp3) is 0.0667. The van der Waals surface area contributed by atoms with Crippen molar-refractivity contribution in [3.63, 3.8) is 0 Å². The number of hydrogen-bond acceptors (Lipinski definition) is 2. The number of hydrogen-bond donors (Lipinski definition) is 1. The Kier molecular flexibility index (Phi) is 3.03. The molecule has 0 aliphatic heterocycles. The van der Waals surface area contributed by atoms with Gasteiger partial charge in [-0.3, -0.25) is 4.79 Å². The number of nitrogens with zero attached hydrogens (tertiary/aromatic N) is 1. The molecule has 0 radical (unpaired) electrons. The van der Waals surface area contributed by atoms with Crippen molar-refractivity contribution in [1.82, 2.24) is 9.97 Å². The van der Waals surface area contributed by atoms with E-state index < -0.39 is 5.82 Å².